The summed E-state index contributed by atoms with van der Waals surface area (Å²) in [5.74, 6) is -0.0443. The van der Waals surface area contributed by atoms with Crippen LogP contribution in [0, 0.1) is 0 Å². The fourth-order valence-electron chi connectivity index (χ4n) is 2.24. The van der Waals surface area contributed by atoms with Crippen molar-refractivity contribution in [3.63, 3.8) is 0 Å². The Hall–Kier alpha value is -2.66. The van der Waals surface area contributed by atoms with E-state index >= 15 is 0 Å². The van der Waals surface area contributed by atoms with E-state index in [9.17, 15) is 4.79 Å². The van der Waals surface area contributed by atoms with Gasteiger partial charge >= 0.3 is 5.97 Å². The van der Waals surface area contributed by atoms with Gasteiger partial charge in [0, 0.05) is 0 Å². The second kappa shape index (κ2) is 6.41. The summed E-state index contributed by atoms with van der Waals surface area (Å²) in [6.45, 7) is 0. The summed E-state index contributed by atoms with van der Waals surface area (Å²) in [7, 11) is 0. The monoisotopic (exact) mass is 311 g/mol. The molecule has 4 nitrogen and oxygen atoms in total. The third-order valence-electron chi connectivity index (χ3n) is 3.26. The molecule has 0 atom stereocenters. The van der Waals surface area contributed by atoms with Gasteiger partial charge in [-0.25, -0.2) is 4.79 Å². The van der Waals surface area contributed by atoms with E-state index in [0.29, 0.717) is 17.1 Å². The third-order valence-corrected chi connectivity index (χ3v) is 4.11. The van der Waals surface area contributed by atoms with Gasteiger partial charge in [0.05, 0.1) is 6.42 Å². The SMILES string of the molecule is NC(Cc1cccc2ccccc12)=[NH+]OC(=O)c1cccs1. The number of thiophene rings is 1. The first-order chi connectivity index (χ1) is 10.7. The van der Waals surface area contributed by atoms with Gasteiger partial charge in [-0.15, -0.1) is 11.3 Å². The molecule has 1 aromatic heterocycles. The highest BCUT2D eigenvalue weighted by Gasteiger charge is 2.11. The van der Waals surface area contributed by atoms with Gasteiger partial charge in [0.2, 0.25) is 0 Å². The molecule has 22 heavy (non-hydrogen) atoms. The zero-order valence-corrected chi connectivity index (χ0v) is 12.6. The summed E-state index contributed by atoms with van der Waals surface area (Å²) in [4.78, 5) is 17.3. The zero-order chi connectivity index (χ0) is 15.4. The third kappa shape index (κ3) is 3.15. The van der Waals surface area contributed by atoms with Gasteiger partial charge in [-0.2, -0.15) is 0 Å². The largest absolute Gasteiger partial charge is 0.397 e. The van der Waals surface area contributed by atoms with Crippen molar-refractivity contribution in [1.82, 2.24) is 0 Å². The number of nitrogens with two attached hydrogens (primary N) is 1. The van der Waals surface area contributed by atoms with Crippen molar-refractivity contribution in [3.05, 3.63) is 70.4 Å². The Balaban J connectivity index is 1.74. The zero-order valence-electron chi connectivity index (χ0n) is 11.8. The van der Waals surface area contributed by atoms with Crippen molar-refractivity contribution in [2.75, 3.05) is 0 Å². The first-order valence-electron chi connectivity index (χ1n) is 6.82. The molecule has 0 unspecified atom stereocenters. The van der Waals surface area contributed by atoms with Crippen LogP contribution >= 0.6 is 11.3 Å². The van der Waals surface area contributed by atoms with Gasteiger partial charge in [0.15, 0.2) is 0 Å². The summed E-state index contributed by atoms with van der Waals surface area (Å²) in [5, 5.41) is 6.65. The summed E-state index contributed by atoms with van der Waals surface area (Å²) in [5.41, 5.74) is 7.01. The van der Waals surface area contributed by atoms with Gasteiger partial charge < -0.3 is 0 Å². The van der Waals surface area contributed by atoms with Gasteiger partial charge in [0.25, 0.3) is 5.84 Å². The minimum absolute atomic E-state index is 0.390. The van der Waals surface area contributed by atoms with E-state index in [1.165, 1.54) is 11.3 Å². The molecule has 0 radical (unpaired) electrons. The number of fused-ring (bicyclic) bond motifs is 1. The number of hydrogen-bond donors (Lipinski definition) is 2. The van der Waals surface area contributed by atoms with Crippen LogP contribution in [0.2, 0.25) is 0 Å². The Labute approximate surface area is 131 Å². The maximum Gasteiger partial charge on any atom is 0.397 e. The summed E-state index contributed by atoms with van der Waals surface area (Å²) >= 11 is 1.32. The second-order valence-electron chi connectivity index (χ2n) is 4.81. The molecular formula is C17H15N2O2S+. The Morgan fingerprint density at radius 2 is 1.91 bits per heavy atom. The average Bonchev–Trinajstić information content (AvgIpc) is 3.07. The average molecular weight is 311 g/mol. The van der Waals surface area contributed by atoms with Crippen LogP contribution in [-0.4, -0.2) is 11.8 Å². The number of nitrogens with one attached hydrogen (secondary N) is 1. The molecule has 2 aromatic carbocycles. The quantitative estimate of drug-likeness (QED) is 0.333. The van der Waals surface area contributed by atoms with E-state index in [0.717, 1.165) is 16.3 Å². The normalized spacial score (nSPS) is 11.5. The molecule has 3 N–H and O–H groups in total. The highest BCUT2D eigenvalue weighted by atomic mass is 32.1. The number of carbonyl (C=O) groups is 1. The Kier molecular flexibility index (Phi) is 4.16. The first-order valence-corrected chi connectivity index (χ1v) is 7.70. The molecule has 3 aromatic rings. The lowest BCUT2D eigenvalue weighted by molar-refractivity contribution is -0.722. The predicted octanol–water partition coefficient (Wildman–Crippen LogP) is 1.65. The molecule has 0 aliphatic rings. The Morgan fingerprint density at radius 1 is 1.09 bits per heavy atom. The topological polar surface area (TPSA) is 66.3 Å². The lowest BCUT2D eigenvalue weighted by atomic mass is 10.0. The van der Waals surface area contributed by atoms with Crippen LogP contribution in [0.5, 0.6) is 0 Å². The van der Waals surface area contributed by atoms with Crippen LogP contribution in [0.15, 0.2) is 60.0 Å². The van der Waals surface area contributed by atoms with Crippen molar-refractivity contribution >= 4 is 33.9 Å². The van der Waals surface area contributed by atoms with E-state index in [1.54, 1.807) is 12.1 Å². The summed E-state index contributed by atoms with van der Waals surface area (Å²) in [6, 6.07) is 17.7. The standard InChI is InChI=1S/C17H14N2O2S/c18-16(19-21-17(20)15-9-4-10-22-15)11-13-7-3-6-12-5-1-2-8-14(12)13/h1-10H,11H2,(H2,18,19)/p+1. The lowest BCUT2D eigenvalue weighted by Gasteiger charge is -2.03. The van der Waals surface area contributed by atoms with Crippen LogP contribution < -0.4 is 10.9 Å². The van der Waals surface area contributed by atoms with E-state index in [4.69, 9.17) is 10.6 Å². The van der Waals surface area contributed by atoms with Gasteiger partial charge in [-0.3, -0.25) is 10.6 Å². The maximum atomic E-state index is 11.7. The predicted molar refractivity (Wildman–Crippen MR) is 87.5 cm³/mol. The van der Waals surface area contributed by atoms with E-state index < -0.39 is 5.97 Å². The minimum atomic E-state index is -0.434. The van der Waals surface area contributed by atoms with Crippen molar-refractivity contribution in [1.29, 1.82) is 0 Å². The van der Waals surface area contributed by atoms with Crippen molar-refractivity contribution < 1.29 is 14.8 Å². The Bertz CT molecular complexity index is 820. The molecule has 0 aliphatic heterocycles. The fraction of sp³-hybridized carbons (Fsp3) is 0.0588. The highest BCUT2D eigenvalue weighted by molar-refractivity contribution is 7.11. The number of benzene rings is 2. The number of hydrogen-bond acceptors (Lipinski definition) is 3. The lowest BCUT2D eigenvalue weighted by Crippen LogP contribution is -2.75. The molecule has 5 heteroatoms. The molecule has 0 saturated carbocycles. The van der Waals surface area contributed by atoms with Crippen LogP contribution in [0.4, 0.5) is 0 Å². The van der Waals surface area contributed by atoms with Crippen molar-refractivity contribution in [2.45, 2.75) is 6.42 Å². The molecule has 0 fully saturated rings. The fourth-order valence-corrected chi connectivity index (χ4v) is 2.84. The van der Waals surface area contributed by atoms with E-state index in [1.807, 2.05) is 29.6 Å². The molecule has 0 amide bonds. The second-order valence-corrected chi connectivity index (χ2v) is 5.76. The number of rotatable bonds is 4. The van der Waals surface area contributed by atoms with Gasteiger partial charge in [0.1, 0.15) is 4.88 Å². The molecule has 110 valence electrons. The summed E-state index contributed by atoms with van der Waals surface area (Å²) in [6.07, 6.45) is 0.485. The van der Waals surface area contributed by atoms with Crippen LogP contribution in [-0.2, 0) is 11.3 Å². The first kappa shape index (κ1) is 14.3. The smallest absolute Gasteiger partial charge is 0.288 e. The molecule has 3 rings (SSSR count). The van der Waals surface area contributed by atoms with Gasteiger partial charge in [-0.1, -0.05) is 53.7 Å². The maximum absolute atomic E-state index is 11.7. The van der Waals surface area contributed by atoms with Gasteiger partial charge in [-0.05, 0) is 27.8 Å². The minimum Gasteiger partial charge on any atom is -0.288 e. The Morgan fingerprint density at radius 3 is 2.73 bits per heavy atom. The molecular weight excluding hydrogens is 296 g/mol. The van der Waals surface area contributed by atoms with Crippen molar-refractivity contribution in [2.24, 2.45) is 5.73 Å². The molecule has 0 spiro atoms. The molecule has 0 bridgehead atoms. The van der Waals surface area contributed by atoms with Crippen molar-refractivity contribution in [3.8, 4) is 0 Å². The highest BCUT2D eigenvalue weighted by Crippen LogP contribution is 2.18. The van der Waals surface area contributed by atoms with E-state index in [2.05, 4.69) is 23.4 Å². The number of carbonyl (C=O) groups excluding carboxylic acids is 1. The number of amidine groups is 1. The van der Waals surface area contributed by atoms with Crippen LogP contribution in [0.1, 0.15) is 15.2 Å². The molecule has 0 aliphatic carbocycles. The summed E-state index contributed by atoms with van der Waals surface area (Å²) < 4.78 is 0. The van der Waals surface area contributed by atoms with E-state index in [-0.39, 0.29) is 0 Å². The molecule has 0 saturated heterocycles. The van der Waals surface area contributed by atoms with Crippen LogP contribution in [0.3, 0.4) is 0 Å². The van der Waals surface area contributed by atoms with Crippen LogP contribution in [0.25, 0.3) is 10.8 Å². The molecule has 1 heterocycles.